The summed E-state index contributed by atoms with van der Waals surface area (Å²) in [5.41, 5.74) is 1.15. The zero-order valence-electron chi connectivity index (χ0n) is 8.29. The van der Waals surface area contributed by atoms with Gasteiger partial charge in [-0.05, 0) is 46.6 Å². The van der Waals surface area contributed by atoms with Crippen LogP contribution in [0.25, 0.3) is 0 Å². The fourth-order valence-corrected chi connectivity index (χ4v) is 1.98. The molecule has 1 aromatic rings. The molecule has 0 spiro atoms. The van der Waals surface area contributed by atoms with Gasteiger partial charge in [0.1, 0.15) is 0 Å². The van der Waals surface area contributed by atoms with E-state index in [2.05, 4.69) is 21.2 Å². The highest BCUT2D eigenvalue weighted by Crippen LogP contribution is 2.38. The number of rotatable bonds is 2. The van der Waals surface area contributed by atoms with Gasteiger partial charge < -0.3 is 15.2 Å². The predicted octanol–water partition coefficient (Wildman–Crippen LogP) is 2.62. The van der Waals surface area contributed by atoms with Crippen molar-refractivity contribution in [1.82, 2.24) is 5.32 Å². The molecule has 1 aliphatic rings. The van der Waals surface area contributed by atoms with Crippen molar-refractivity contribution in [3.8, 4) is 11.5 Å². The number of nitrogens with one attached hydrogen (secondary N) is 1. The standard InChI is InChI=1S/C10H12BrNO2.ClH/c1-14-9-5-6(8-2-3-12-8)4-7(11)10(9)13;/h4-5,8,12-13H,2-3H2,1H3;1H/t8-;/m1./s1. The Morgan fingerprint density at radius 3 is 2.67 bits per heavy atom. The molecular weight excluding hydrogens is 281 g/mol. The van der Waals surface area contributed by atoms with Crippen LogP contribution in [0.1, 0.15) is 18.0 Å². The molecule has 0 radical (unpaired) electrons. The third-order valence-corrected chi connectivity index (χ3v) is 3.10. The largest absolute Gasteiger partial charge is 0.503 e. The Balaban J connectivity index is 0.00000112. The number of halogens is 2. The number of hydrogen-bond acceptors (Lipinski definition) is 3. The van der Waals surface area contributed by atoms with Gasteiger partial charge in [0.15, 0.2) is 11.5 Å². The summed E-state index contributed by atoms with van der Waals surface area (Å²) in [6, 6.07) is 4.20. The highest BCUT2D eigenvalue weighted by molar-refractivity contribution is 9.10. The predicted molar refractivity (Wildman–Crippen MR) is 65.0 cm³/mol. The first-order valence-electron chi connectivity index (χ1n) is 4.52. The molecule has 1 aromatic carbocycles. The number of phenols is 1. The van der Waals surface area contributed by atoms with E-state index in [1.165, 1.54) is 0 Å². The molecule has 15 heavy (non-hydrogen) atoms. The summed E-state index contributed by atoms with van der Waals surface area (Å²) in [5.74, 6) is 0.679. The smallest absolute Gasteiger partial charge is 0.172 e. The van der Waals surface area contributed by atoms with Gasteiger partial charge in [0.2, 0.25) is 0 Å². The molecule has 1 saturated heterocycles. The van der Waals surface area contributed by atoms with Crippen molar-refractivity contribution in [2.45, 2.75) is 12.5 Å². The van der Waals surface area contributed by atoms with Crippen LogP contribution in [0, 0.1) is 0 Å². The lowest BCUT2D eigenvalue weighted by Crippen LogP contribution is -2.34. The zero-order chi connectivity index (χ0) is 10.1. The van der Waals surface area contributed by atoms with Gasteiger partial charge in [-0.25, -0.2) is 0 Å². The molecule has 1 atom stereocenters. The Morgan fingerprint density at radius 2 is 2.20 bits per heavy atom. The number of ether oxygens (including phenoxy) is 1. The van der Waals surface area contributed by atoms with Crippen molar-refractivity contribution in [1.29, 1.82) is 0 Å². The van der Waals surface area contributed by atoms with E-state index in [4.69, 9.17) is 4.74 Å². The Bertz CT molecular complexity index is 356. The summed E-state index contributed by atoms with van der Waals surface area (Å²) in [6.45, 7) is 1.06. The Labute approximate surface area is 103 Å². The topological polar surface area (TPSA) is 41.5 Å². The van der Waals surface area contributed by atoms with E-state index in [0.29, 0.717) is 16.3 Å². The summed E-state index contributed by atoms with van der Waals surface area (Å²) in [5, 5.41) is 12.9. The quantitative estimate of drug-likeness (QED) is 0.881. The molecule has 5 heteroatoms. The van der Waals surface area contributed by atoms with E-state index in [1.807, 2.05) is 12.1 Å². The van der Waals surface area contributed by atoms with E-state index in [9.17, 15) is 5.11 Å². The second-order valence-electron chi connectivity index (χ2n) is 3.35. The fourth-order valence-electron chi connectivity index (χ4n) is 1.52. The molecule has 0 aliphatic carbocycles. The molecule has 0 saturated carbocycles. The van der Waals surface area contributed by atoms with Gasteiger partial charge in [-0.1, -0.05) is 0 Å². The van der Waals surface area contributed by atoms with Crippen LogP contribution in [-0.4, -0.2) is 18.8 Å². The average Bonchev–Trinajstić information content (AvgIpc) is 2.08. The van der Waals surface area contributed by atoms with Crippen LogP contribution in [0.5, 0.6) is 11.5 Å². The average molecular weight is 295 g/mol. The van der Waals surface area contributed by atoms with Crippen LogP contribution < -0.4 is 10.1 Å². The van der Waals surface area contributed by atoms with Crippen molar-refractivity contribution in [3.63, 3.8) is 0 Å². The highest BCUT2D eigenvalue weighted by atomic mass is 79.9. The first-order chi connectivity index (χ1) is 6.72. The minimum absolute atomic E-state index is 0. The van der Waals surface area contributed by atoms with Gasteiger partial charge in [0.25, 0.3) is 0 Å². The van der Waals surface area contributed by atoms with E-state index >= 15 is 0 Å². The maximum Gasteiger partial charge on any atom is 0.172 e. The van der Waals surface area contributed by atoms with Crippen LogP contribution in [0.2, 0.25) is 0 Å². The third-order valence-electron chi connectivity index (χ3n) is 2.50. The van der Waals surface area contributed by atoms with Crippen LogP contribution in [0.3, 0.4) is 0 Å². The molecule has 1 aliphatic heterocycles. The second kappa shape index (κ2) is 5.05. The van der Waals surface area contributed by atoms with Crippen molar-refractivity contribution in [3.05, 3.63) is 22.2 Å². The highest BCUT2D eigenvalue weighted by Gasteiger charge is 2.20. The molecule has 0 bridgehead atoms. The molecule has 2 N–H and O–H groups in total. The number of hydrogen-bond donors (Lipinski definition) is 2. The molecule has 0 aromatic heterocycles. The molecule has 1 heterocycles. The maximum absolute atomic E-state index is 9.60. The lowest BCUT2D eigenvalue weighted by Gasteiger charge is -2.28. The number of phenolic OH excluding ortho intramolecular Hbond substituents is 1. The van der Waals surface area contributed by atoms with E-state index in [1.54, 1.807) is 7.11 Å². The van der Waals surface area contributed by atoms with Gasteiger partial charge in [-0.15, -0.1) is 12.4 Å². The Kier molecular flexibility index (Phi) is 4.25. The minimum atomic E-state index is 0. The van der Waals surface area contributed by atoms with Gasteiger partial charge in [0.05, 0.1) is 11.6 Å². The van der Waals surface area contributed by atoms with Crippen LogP contribution >= 0.6 is 28.3 Å². The van der Waals surface area contributed by atoms with Crippen LogP contribution in [-0.2, 0) is 0 Å². The third kappa shape index (κ3) is 2.38. The van der Waals surface area contributed by atoms with E-state index in [-0.39, 0.29) is 18.2 Å². The van der Waals surface area contributed by atoms with Gasteiger partial charge in [-0.2, -0.15) is 0 Å². The maximum atomic E-state index is 9.60. The lowest BCUT2D eigenvalue weighted by atomic mass is 9.98. The molecule has 0 amide bonds. The lowest BCUT2D eigenvalue weighted by molar-refractivity contribution is 0.361. The summed E-state index contributed by atoms with van der Waals surface area (Å²) in [6.07, 6.45) is 1.14. The van der Waals surface area contributed by atoms with Crippen LogP contribution in [0.15, 0.2) is 16.6 Å². The number of methoxy groups -OCH3 is 1. The molecule has 1 fully saturated rings. The van der Waals surface area contributed by atoms with Gasteiger partial charge in [0, 0.05) is 6.04 Å². The van der Waals surface area contributed by atoms with Crippen LogP contribution in [0.4, 0.5) is 0 Å². The second-order valence-corrected chi connectivity index (χ2v) is 4.20. The monoisotopic (exact) mass is 293 g/mol. The van der Waals surface area contributed by atoms with Crippen molar-refractivity contribution < 1.29 is 9.84 Å². The summed E-state index contributed by atoms with van der Waals surface area (Å²) >= 11 is 3.30. The number of benzene rings is 1. The Morgan fingerprint density at radius 1 is 1.53 bits per heavy atom. The summed E-state index contributed by atoms with van der Waals surface area (Å²) < 4.78 is 5.76. The molecular formula is C10H13BrClNO2. The summed E-state index contributed by atoms with van der Waals surface area (Å²) in [4.78, 5) is 0. The fraction of sp³-hybridized carbons (Fsp3) is 0.400. The SMILES string of the molecule is COc1cc([C@H]2CCN2)cc(Br)c1O.Cl. The zero-order valence-corrected chi connectivity index (χ0v) is 10.7. The van der Waals surface area contributed by atoms with E-state index in [0.717, 1.165) is 18.5 Å². The van der Waals surface area contributed by atoms with Crippen molar-refractivity contribution >= 4 is 28.3 Å². The number of aromatic hydroxyl groups is 1. The molecule has 0 unspecified atom stereocenters. The van der Waals surface area contributed by atoms with Gasteiger partial charge in [-0.3, -0.25) is 0 Å². The minimum Gasteiger partial charge on any atom is -0.503 e. The summed E-state index contributed by atoms with van der Waals surface area (Å²) in [7, 11) is 1.56. The van der Waals surface area contributed by atoms with Crippen molar-refractivity contribution in [2.24, 2.45) is 0 Å². The molecule has 3 nitrogen and oxygen atoms in total. The normalized spacial score (nSPS) is 18.9. The van der Waals surface area contributed by atoms with Gasteiger partial charge >= 0.3 is 0 Å². The first kappa shape index (κ1) is 12.6. The van der Waals surface area contributed by atoms with Crippen molar-refractivity contribution in [2.75, 3.05) is 13.7 Å². The molecule has 84 valence electrons. The van der Waals surface area contributed by atoms with E-state index < -0.39 is 0 Å². The first-order valence-corrected chi connectivity index (χ1v) is 5.31. The molecule has 2 rings (SSSR count). The Hall–Kier alpha value is -0.450.